The molecule has 1 aromatic carbocycles. The summed E-state index contributed by atoms with van der Waals surface area (Å²) in [5.41, 5.74) is 7.79. The van der Waals surface area contributed by atoms with Crippen molar-refractivity contribution in [3.05, 3.63) is 73.9 Å². The molecule has 192 valence electrons. The maximum atomic E-state index is 13.4. The Kier molecular flexibility index (Phi) is 8.29. The van der Waals surface area contributed by atoms with Crippen LogP contribution in [0.4, 0.5) is 15.9 Å². The van der Waals surface area contributed by atoms with Crippen LogP contribution in [-0.2, 0) is 11.3 Å². The van der Waals surface area contributed by atoms with Crippen molar-refractivity contribution in [1.82, 2.24) is 19.3 Å². The number of nitrogens with one attached hydrogen (secondary N) is 1. The Morgan fingerprint density at radius 2 is 1.89 bits per heavy atom. The van der Waals surface area contributed by atoms with Crippen LogP contribution in [0.25, 0.3) is 11.8 Å². The second kappa shape index (κ2) is 11.2. The Bertz CT molecular complexity index is 1380. The number of nitrogens with two attached hydrogens (primary N) is 1. The van der Waals surface area contributed by atoms with Crippen molar-refractivity contribution in [2.24, 2.45) is 5.92 Å². The van der Waals surface area contributed by atoms with Gasteiger partial charge >= 0.3 is 5.69 Å². The number of carbonyl (C=O) groups excluding carboxylic acids is 1. The van der Waals surface area contributed by atoms with Crippen molar-refractivity contribution in [2.45, 2.75) is 54.0 Å². The first-order valence-electron chi connectivity index (χ1n) is 12.0. The van der Waals surface area contributed by atoms with E-state index in [4.69, 9.17) is 5.73 Å². The van der Waals surface area contributed by atoms with Gasteiger partial charge in [-0.05, 0) is 56.5 Å². The van der Waals surface area contributed by atoms with Crippen LogP contribution in [0.2, 0.25) is 0 Å². The molecule has 0 fully saturated rings. The molecule has 9 nitrogen and oxygen atoms in total. The van der Waals surface area contributed by atoms with Crippen LogP contribution >= 0.6 is 0 Å². The second-order valence-electron chi connectivity index (χ2n) is 9.15. The normalized spacial score (nSPS) is 11.5. The molecule has 2 aromatic heterocycles. The zero-order valence-corrected chi connectivity index (χ0v) is 21.3. The van der Waals surface area contributed by atoms with E-state index in [1.807, 2.05) is 34.6 Å². The summed E-state index contributed by atoms with van der Waals surface area (Å²) in [6.07, 6.45) is 4.55. The number of hydrogen-bond donors (Lipinski definition) is 2. The average molecular weight is 497 g/mol. The first-order valence-corrected chi connectivity index (χ1v) is 12.0. The number of anilines is 2. The van der Waals surface area contributed by atoms with E-state index in [2.05, 4.69) is 10.1 Å². The number of H-pyrrole nitrogens is 1. The number of hydrogen-bond acceptors (Lipinski definition) is 5. The number of unbranched alkanes of at least 4 members (excludes halogenated alkanes) is 1. The second-order valence-corrected chi connectivity index (χ2v) is 9.15. The molecule has 36 heavy (non-hydrogen) atoms. The molecular weight excluding hydrogens is 463 g/mol. The molecule has 3 aromatic rings. The van der Waals surface area contributed by atoms with Gasteiger partial charge in [0.15, 0.2) is 5.69 Å². The van der Waals surface area contributed by atoms with Crippen LogP contribution in [-0.4, -0.2) is 31.8 Å². The summed E-state index contributed by atoms with van der Waals surface area (Å²) in [6.45, 7) is 10.1. The SMILES string of the molecule is CCCCn1c(N)c(N(CC(C)C)C(=O)/C=C/c2c(C)nn(-c3ccc(F)cc3)c2C)c(=O)[nH]c1=O. The van der Waals surface area contributed by atoms with E-state index in [1.54, 1.807) is 22.9 Å². The van der Waals surface area contributed by atoms with E-state index in [0.717, 1.165) is 17.7 Å². The highest BCUT2D eigenvalue weighted by atomic mass is 19.1. The Balaban J connectivity index is 2.01. The monoisotopic (exact) mass is 496 g/mol. The van der Waals surface area contributed by atoms with Crippen LogP contribution in [0.15, 0.2) is 39.9 Å². The summed E-state index contributed by atoms with van der Waals surface area (Å²) >= 11 is 0. The molecule has 0 spiro atoms. The molecule has 0 atom stereocenters. The highest BCUT2D eigenvalue weighted by Crippen LogP contribution is 2.22. The van der Waals surface area contributed by atoms with Crippen LogP contribution in [0.1, 0.15) is 50.6 Å². The zero-order chi connectivity index (χ0) is 26.6. The molecule has 2 heterocycles. The lowest BCUT2D eigenvalue weighted by molar-refractivity contribution is -0.114. The Labute approximate surface area is 209 Å². The van der Waals surface area contributed by atoms with E-state index in [-0.39, 0.29) is 29.8 Å². The van der Waals surface area contributed by atoms with Gasteiger partial charge in [0.1, 0.15) is 11.6 Å². The van der Waals surface area contributed by atoms with Crippen molar-refractivity contribution in [3.63, 3.8) is 0 Å². The minimum atomic E-state index is -0.705. The highest BCUT2D eigenvalue weighted by molar-refractivity contribution is 6.05. The third-order valence-corrected chi connectivity index (χ3v) is 5.84. The Hall–Kier alpha value is -3.95. The maximum absolute atomic E-state index is 13.4. The lowest BCUT2D eigenvalue weighted by Crippen LogP contribution is -2.42. The van der Waals surface area contributed by atoms with Crippen molar-refractivity contribution < 1.29 is 9.18 Å². The molecule has 0 bridgehead atoms. The molecule has 1 amide bonds. The number of aryl methyl sites for hydroxylation is 1. The summed E-state index contributed by atoms with van der Waals surface area (Å²) in [5, 5.41) is 4.52. The van der Waals surface area contributed by atoms with E-state index in [0.29, 0.717) is 24.3 Å². The molecule has 10 heteroatoms. The summed E-state index contributed by atoms with van der Waals surface area (Å²) < 4.78 is 16.3. The zero-order valence-electron chi connectivity index (χ0n) is 21.3. The number of aromatic amines is 1. The maximum Gasteiger partial charge on any atom is 0.330 e. The molecule has 0 unspecified atom stereocenters. The molecule has 0 radical (unpaired) electrons. The average Bonchev–Trinajstić information content (AvgIpc) is 3.09. The van der Waals surface area contributed by atoms with Crippen LogP contribution in [0.5, 0.6) is 0 Å². The quantitative estimate of drug-likeness (QED) is 0.439. The fourth-order valence-electron chi connectivity index (χ4n) is 4.01. The standard InChI is InChI=1S/C26H33FN6O3/c1-6-7-14-31-24(28)23(25(35)29-26(31)36)32(15-16(2)3)22(34)13-12-21-17(4)30-33(18(21)5)20-10-8-19(27)9-11-20/h8-13,16H,6-7,14-15,28H2,1-5H3,(H,29,35,36)/b13-12+. The van der Waals surface area contributed by atoms with Crippen LogP contribution in [0.3, 0.4) is 0 Å². The van der Waals surface area contributed by atoms with Crippen molar-refractivity contribution in [2.75, 3.05) is 17.2 Å². The molecule has 3 rings (SSSR count). The molecular formula is C26H33FN6O3. The smallest absolute Gasteiger partial charge is 0.330 e. The van der Waals surface area contributed by atoms with E-state index in [9.17, 15) is 18.8 Å². The predicted molar refractivity (Wildman–Crippen MR) is 140 cm³/mol. The van der Waals surface area contributed by atoms with Gasteiger partial charge in [-0.15, -0.1) is 0 Å². The van der Waals surface area contributed by atoms with Crippen molar-refractivity contribution >= 4 is 23.5 Å². The van der Waals surface area contributed by atoms with Crippen molar-refractivity contribution in [1.29, 1.82) is 0 Å². The Morgan fingerprint density at radius 1 is 1.22 bits per heavy atom. The first-order chi connectivity index (χ1) is 17.0. The summed E-state index contributed by atoms with van der Waals surface area (Å²) in [5.74, 6) is -0.792. The highest BCUT2D eigenvalue weighted by Gasteiger charge is 2.24. The molecule has 0 aliphatic rings. The molecule has 0 aliphatic carbocycles. The topological polar surface area (TPSA) is 119 Å². The van der Waals surface area contributed by atoms with E-state index < -0.39 is 17.2 Å². The predicted octanol–water partition coefficient (Wildman–Crippen LogP) is 3.56. The van der Waals surface area contributed by atoms with Gasteiger partial charge in [0.25, 0.3) is 11.5 Å². The summed E-state index contributed by atoms with van der Waals surface area (Å²) in [7, 11) is 0. The van der Waals surface area contributed by atoms with Gasteiger partial charge in [-0.2, -0.15) is 5.10 Å². The van der Waals surface area contributed by atoms with Gasteiger partial charge in [0.2, 0.25) is 0 Å². The Morgan fingerprint density at radius 3 is 2.50 bits per heavy atom. The van der Waals surface area contributed by atoms with Crippen molar-refractivity contribution in [3.8, 4) is 5.69 Å². The summed E-state index contributed by atoms with van der Waals surface area (Å²) in [6, 6.07) is 5.97. The lowest BCUT2D eigenvalue weighted by atomic mass is 10.1. The van der Waals surface area contributed by atoms with E-state index >= 15 is 0 Å². The number of aromatic nitrogens is 4. The summed E-state index contributed by atoms with van der Waals surface area (Å²) in [4.78, 5) is 42.1. The molecule has 0 saturated heterocycles. The molecule has 3 N–H and O–H groups in total. The van der Waals surface area contributed by atoms with Gasteiger partial charge < -0.3 is 10.6 Å². The number of nitrogen functional groups attached to an aromatic ring is 1. The first kappa shape index (κ1) is 26.7. The fourth-order valence-corrected chi connectivity index (χ4v) is 4.01. The third kappa shape index (κ3) is 5.64. The third-order valence-electron chi connectivity index (χ3n) is 5.84. The van der Waals surface area contributed by atoms with Crippen LogP contribution in [0, 0.1) is 25.6 Å². The molecule has 0 aliphatic heterocycles. The number of carbonyl (C=O) groups is 1. The van der Waals surface area contributed by atoms with Gasteiger partial charge in [-0.1, -0.05) is 27.2 Å². The minimum absolute atomic E-state index is 0.0295. The number of amides is 1. The van der Waals surface area contributed by atoms with Gasteiger partial charge in [-0.3, -0.25) is 19.1 Å². The fraction of sp³-hybridized carbons (Fsp3) is 0.385. The van der Waals surface area contributed by atoms with Gasteiger partial charge in [0, 0.05) is 30.4 Å². The number of halogens is 1. The van der Waals surface area contributed by atoms with Crippen LogP contribution < -0.4 is 21.9 Å². The molecule has 0 saturated carbocycles. The number of nitrogens with zero attached hydrogens (tertiary/aromatic N) is 4. The lowest BCUT2D eigenvalue weighted by Gasteiger charge is -2.25. The van der Waals surface area contributed by atoms with Gasteiger partial charge in [-0.25, -0.2) is 13.9 Å². The minimum Gasteiger partial charge on any atom is -0.383 e. The largest absolute Gasteiger partial charge is 0.383 e. The number of rotatable bonds is 9. The van der Waals surface area contributed by atoms with E-state index in [1.165, 1.54) is 27.7 Å². The number of benzene rings is 1. The van der Waals surface area contributed by atoms with Gasteiger partial charge in [0.05, 0.1) is 11.4 Å².